The minimum absolute atomic E-state index is 0.0374. The minimum atomic E-state index is -0.245. The fraction of sp³-hybridized carbons (Fsp3) is 0.632. The minimum Gasteiger partial charge on any atom is -0.494 e. The van der Waals surface area contributed by atoms with Crippen molar-refractivity contribution < 1.29 is 13.9 Å². The molecule has 0 aromatic heterocycles. The lowest BCUT2D eigenvalue weighted by Crippen LogP contribution is -2.54. The van der Waals surface area contributed by atoms with Crippen LogP contribution >= 0.6 is 0 Å². The number of halogens is 1. The Hall–Kier alpha value is -1.66. The Kier molecular flexibility index (Phi) is 6.26. The fourth-order valence-electron chi connectivity index (χ4n) is 3.10. The molecule has 3 rings (SSSR count). The molecule has 0 bridgehead atoms. The molecule has 25 heavy (non-hydrogen) atoms. The molecule has 1 N–H and O–H groups in total. The zero-order chi connectivity index (χ0) is 17.6. The highest BCUT2D eigenvalue weighted by atomic mass is 19.1. The molecule has 1 saturated carbocycles. The average molecular weight is 349 g/mol. The largest absolute Gasteiger partial charge is 0.494 e. The number of hydrogen-bond donors (Lipinski definition) is 1. The second-order valence-corrected chi connectivity index (χ2v) is 6.99. The second kappa shape index (κ2) is 8.63. The second-order valence-electron chi connectivity index (χ2n) is 6.99. The summed E-state index contributed by atoms with van der Waals surface area (Å²) in [5, 5.41) is 3.09. The third kappa shape index (κ3) is 5.68. The van der Waals surface area contributed by atoms with Gasteiger partial charge >= 0.3 is 0 Å². The Bertz CT molecular complexity index is 554. The van der Waals surface area contributed by atoms with Crippen LogP contribution in [0.5, 0.6) is 5.75 Å². The van der Waals surface area contributed by atoms with Crippen molar-refractivity contribution >= 4 is 5.91 Å². The molecule has 5 nitrogen and oxygen atoms in total. The van der Waals surface area contributed by atoms with E-state index in [1.54, 1.807) is 12.1 Å². The van der Waals surface area contributed by atoms with Gasteiger partial charge in [0.1, 0.15) is 11.6 Å². The lowest BCUT2D eigenvalue weighted by atomic mass is 10.2. The van der Waals surface area contributed by atoms with Crippen LogP contribution in [-0.4, -0.2) is 67.1 Å². The van der Waals surface area contributed by atoms with E-state index in [4.69, 9.17) is 4.74 Å². The first-order chi connectivity index (χ1) is 12.1. The molecule has 1 saturated heterocycles. The van der Waals surface area contributed by atoms with Gasteiger partial charge in [-0.2, -0.15) is 0 Å². The summed E-state index contributed by atoms with van der Waals surface area (Å²) in [5.41, 5.74) is 0. The molecular weight excluding hydrogens is 321 g/mol. The molecule has 1 aromatic rings. The van der Waals surface area contributed by atoms with Crippen molar-refractivity contribution in [2.24, 2.45) is 0 Å². The summed E-state index contributed by atoms with van der Waals surface area (Å²) in [6.07, 6.45) is 3.20. The highest BCUT2D eigenvalue weighted by Gasteiger charge is 2.29. The molecule has 0 spiro atoms. The number of nitrogens with zero attached hydrogens (tertiary/aromatic N) is 2. The van der Waals surface area contributed by atoms with Gasteiger partial charge in [0.15, 0.2) is 0 Å². The Balaban J connectivity index is 1.29. The Labute approximate surface area is 149 Å². The molecule has 0 unspecified atom stereocenters. The maximum absolute atomic E-state index is 12.8. The van der Waals surface area contributed by atoms with E-state index >= 15 is 0 Å². The van der Waals surface area contributed by atoms with Crippen LogP contribution in [0.4, 0.5) is 4.39 Å². The molecule has 138 valence electrons. The summed E-state index contributed by atoms with van der Waals surface area (Å²) in [4.78, 5) is 16.8. The van der Waals surface area contributed by atoms with Crippen LogP contribution < -0.4 is 10.1 Å². The molecule has 1 heterocycles. The van der Waals surface area contributed by atoms with E-state index in [-0.39, 0.29) is 17.8 Å². The van der Waals surface area contributed by atoms with E-state index in [1.165, 1.54) is 12.1 Å². The summed E-state index contributed by atoms with van der Waals surface area (Å²) in [7, 11) is 0. The van der Waals surface area contributed by atoms with E-state index in [9.17, 15) is 9.18 Å². The van der Waals surface area contributed by atoms with Crippen molar-refractivity contribution in [3.8, 4) is 5.75 Å². The van der Waals surface area contributed by atoms with Crippen LogP contribution in [0.3, 0.4) is 0 Å². The Morgan fingerprint density at radius 2 is 1.92 bits per heavy atom. The van der Waals surface area contributed by atoms with Crippen molar-refractivity contribution in [3.05, 3.63) is 30.1 Å². The summed E-state index contributed by atoms with van der Waals surface area (Å²) in [6.45, 7) is 7.44. The Morgan fingerprint density at radius 3 is 2.56 bits per heavy atom. The average Bonchev–Trinajstić information content (AvgIpc) is 3.44. The van der Waals surface area contributed by atoms with Gasteiger partial charge in [-0.05, 0) is 50.5 Å². The molecule has 1 aliphatic carbocycles. The summed E-state index contributed by atoms with van der Waals surface area (Å²) in [6, 6.07) is 6.52. The zero-order valence-corrected chi connectivity index (χ0v) is 14.9. The smallest absolute Gasteiger partial charge is 0.237 e. The van der Waals surface area contributed by atoms with Gasteiger partial charge < -0.3 is 15.0 Å². The molecular formula is C19H28FN3O2. The molecule has 1 atom stereocenters. The van der Waals surface area contributed by atoms with Crippen molar-refractivity contribution in [2.45, 2.75) is 38.3 Å². The van der Waals surface area contributed by atoms with Gasteiger partial charge in [-0.1, -0.05) is 0 Å². The van der Waals surface area contributed by atoms with Crippen LogP contribution in [-0.2, 0) is 4.79 Å². The number of carbonyl (C=O) groups excluding carboxylic acids is 1. The van der Waals surface area contributed by atoms with Crippen LogP contribution in [0.2, 0.25) is 0 Å². The quantitative estimate of drug-likeness (QED) is 0.728. The first-order valence-corrected chi connectivity index (χ1v) is 9.27. The van der Waals surface area contributed by atoms with Gasteiger partial charge in [0.2, 0.25) is 5.91 Å². The van der Waals surface area contributed by atoms with Crippen LogP contribution in [0.1, 0.15) is 26.2 Å². The predicted octanol–water partition coefficient (Wildman–Crippen LogP) is 1.88. The molecule has 1 amide bonds. The van der Waals surface area contributed by atoms with Crippen molar-refractivity contribution in [1.82, 2.24) is 15.1 Å². The fourth-order valence-corrected chi connectivity index (χ4v) is 3.10. The van der Waals surface area contributed by atoms with Crippen LogP contribution in [0.25, 0.3) is 0 Å². The third-order valence-electron chi connectivity index (χ3n) is 4.96. The molecule has 1 aromatic carbocycles. The standard InChI is InChI=1S/C19H28FN3O2/c1-15(19(24)21-17-5-6-17)23-12-10-22(11-13-23)9-2-14-25-18-7-3-16(20)4-8-18/h3-4,7-8,15,17H,2,5-6,9-14H2,1H3,(H,21,24)/t15-/m1/s1. The SMILES string of the molecule is C[C@H](C(=O)NC1CC1)N1CCN(CCCOc2ccc(F)cc2)CC1. The highest BCUT2D eigenvalue weighted by molar-refractivity contribution is 5.81. The molecule has 0 radical (unpaired) electrons. The first-order valence-electron chi connectivity index (χ1n) is 9.27. The van der Waals surface area contributed by atoms with Crippen LogP contribution in [0, 0.1) is 5.82 Å². The number of ether oxygens (including phenoxy) is 1. The summed E-state index contributed by atoms with van der Waals surface area (Å²) < 4.78 is 18.5. The monoisotopic (exact) mass is 349 g/mol. The summed E-state index contributed by atoms with van der Waals surface area (Å²) >= 11 is 0. The maximum atomic E-state index is 12.8. The highest BCUT2D eigenvalue weighted by Crippen LogP contribution is 2.19. The predicted molar refractivity (Wildman–Crippen MR) is 95.2 cm³/mol. The maximum Gasteiger partial charge on any atom is 0.237 e. The van der Waals surface area contributed by atoms with Crippen LogP contribution in [0.15, 0.2) is 24.3 Å². The van der Waals surface area contributed by atoms with E-state index in [0.717, 1.165) is 52.0 Å². The van der Waals surface area contributed by atoms with Gasteiger partial charge in [0.05, 0.1) is 12.6 Å². The number of carbonyl (C=O) groups is 1. The number of amides is 1. The normalized spacial score (nSPS) is 20.2. The van der Waals surface area contributed by atoms with Gasteiger partial charge in [0, 0.05) is 38.8 Å². The number of piperazine rings is 1. The summed E-state index contributed by atoms with van der Waals surface area (Å²) in [5.74, 6) is 0.635. The molecule has 1 aliphatic heterocycles. The van der Waals surface area contributed by atoms with Gasteiger partial charge in [-0.25, -0.2) is 4.39 Å². The van der Waals surface area contributed by atoms with Gasteiger partial charge in [-0.3, -0.25) is 9.69 Å². The molecule has 6 heteroatoms. The van der Waals surface area contributed by atoms with E-state index in [2.05, 4.69) is 15.1 Å². The number of rotatable bonds is 8. The topological polar surface area (TPSA) is 44.8 Å². The molecule has 2 aliphatic rings. The Morgan fingerprint density at radius 1 is 1.24 bits per heavy atom. The lowest BCUT2D eigenvalue weighted by molar-refractivity contribution is -0.126. The first kappa shape index (κ1) is 18.1. The van der Waals surface area contributed by atoms with Crippen molar-refractivity contribution in [2.75, 3.05) is 39.3 Å². The van der Waals surface area contributed by atoms with Crippen molar-refractivity contribution in [1.29, 1.82) is 0 Å². The zero-order valence-electron chi connectivity index (χ0n) is 14.9. The number of benzene rings is 1. The van der Waals surface area contributed by atoms with E-state index in [0.29, 0.717) is 18.4 Å². The number of hydrogen-bond acceptors (Lipinski definition) is 4. The lowest BCUT2D eigenvalue weighted by Gasteiger charge is -2.37. The van der Waals surface area contributed by atoms with Gasteiger partial charge in [-0.15, -0.1) is 0 Å². The molecule has 2 fully saturated rings. The third-order valence-corrected chi connectivity index (χ3v) is 4.96. The van der Waals surface area contributed by atoms with Crippen molar-refractivity contribution in [3.63, 3.8) is 0 Å². The number of nitrogens with one attached hydrogen (secondary N) is 1. The van der Waals surface area contributed by atoms with E-state index in [1.807, 2.05) is 6.92 Å². The van der Waals surface area contributed by atoms with Gasteiger partial charge in [0.25, 0.3) is 0 Å². The van der Waals surface area contributed by atoms with E-state index < -0.39 is 0 Å².